The minimum atomic E-state index is 0.0138. The van der Waals surface area contributed by atoms with E-state index in [1.165, 1.54) is 6.08 Å². The van der Waals surface area contributed by atoms with Crippen molar-refractivity contribution >= 4 is 11.5 Å². The molecule has 1 rings (SSSR count). The molecule has 13 heavy (non-hydrogen) atoms. The van der Waals surface area contributed by atoms with E-state index in [4.69, 9.17) is 5.21 Å². The summed E-state index contributed by atoms with van der Waals surface area (Å²) >= 11 is 0. The first-order chi connectivity index (χ1) is 6.06. The van der Waals surface area contributed by atoms with E-state index in [1.54, 1.807) is 13.0 Å². The van der Waals surface area contributed by atoms with E-state index in [0.717, 1.165) is 0 Å². The topological polar surface area (TPSA) is 49.7 Å². The van der Waals surface area contributed by atoms with Gasteiger partial charge in [-0.1, -0.05) is 19.0 Å². The van der Waals surface area contributed by atoms with Crippen LogP contribution in [0.3, 0.4) is 0 Å². The molecule has 0 aromatic heterocycles. The summed E-state index contributed by atoms with van der Waals surface area (Å²) in [5.74, 6) is 0.175. The van der Waals surface area contributed by atoms with Crippen LogP contribution in [-0.4, -0.2) is 16.7 Å². The normalized spacial score (nSPS) is 20.6. The Kier molecular flexibility index (Phi) is 2.66. The first-order valence-corrected chi connectivity index (χ1v) is 4.23. The van der Waals surface area contributed by atoms with Crippen LogP contribution in [0.4, 0.5) is 0 Å². The zero-order chi connectivity index (χ0) is 10.0. The summed E-state index contributed by atoms with van der Waals surface area (Å²) in [6.45, 7) is 5.63. The van der Waals surface area contributed by atoms with Crippen molar-refractivity contribution in [2.75, 3.05) is 0 Å². The lowest BCUT2D eigenvalue weighted by Crippen LogP contribution is -2.15. The van der Waals surface area contributed by atoms with Gasteiger partial charge in [-0.15, -0.1) is 0 Å². The maximum atomic E-state index is 11.4. The molecule has 3 heteroatoms. The molecule has 1 aliphatic carbocycles. The molecular formula is C10H13NO2. The van der Waals surface area contributed by atoms with Crippen molar-refractivity contribution in [2.45, 2.75) is 20.8 Å². The lowest BCUT2D eigenvalue weighted by Gasteiger charge is -2.13. The third-order valence-electron chi connectivity index (χ3n) is 2.06. The molecule has 0 fully saturated rings. The fraction of sp³-hybridized carbons (Fsp3) is 0.400. The van der Waals surface area contributed by atoms with Crippen LogP contribution in [0.25, 0.3) is 0 Å². The smallest absolute Gasteiger partial charge is 0.182 e. The molecule has 0 aliphatic heterocycles. The molecule has 0 amide bonds. The van der Waals surface area contributed by atoms with Crippen molar-refractivity contribution in [1.82, 2.24) is 0 Å². The highest BCUT2D eigenvalue weighted by Gasteiger charge is 2.18. The number of ketones is 1. The number of nitrogens with zero attached hydrogens (tertiary/aromatic N) is 1. The molecule has 1 N–H and O–H groups in total. The van der Waals surface area contributed by atoms with E-state index >= 15 is 0 Å². The molecule has 0 saturated heterocycles. The van der Waals surface area contributed by atoms with Gasteiger partial charge in [-0.2, -0.15) is 0 Å². The van der Waals surface area contributed by atoms with Gasteiger partial charge >= 0.3 is 0 Å². The molecule has 70 valence electrons. The SMILES string of the molecule is CC1=CC(=O)C(C(C)C)=CC1=NO. The Labute approximate surface area is 77.4 Å². The highest BCUT2D eigenvalue weighted by molar-refractivity contribution is 6.21. The Hall–Kier alpha value is -1.38. The Morgan fingerprint density at radius 2 is 2.00 bits per heavy atom. The van der Waals surface area contributed by atoms with Crippen LogP contribution in [0.2, 0.25) is 0 Å². The van der Waals surface area contributed by atoms with Gasteiger partial charge in [-0.05, 0) is 30.6 Å². The zero-order valence-corrected chi connectivity index (χ0v) is 8.03. The minimum absolute atomic E-state index is 0.0138. The minimum Gasteiger partial charge on any atom is -0.410 e. The third kappa shape index (κ3) is 1.86. The molecule has 0 aromatic carbocycles. The quantitative estimate of drug-likeness (QED) is 0.380. The molecule has 0 heterocycles. The standard InChI is InChI=1S/C10H13NO2/c1-6(2)8-5-9(11-13)7(3)4-10(8)12/h4-6,13H,1-3H3. The van der Waals surface area contributed by atoms with Gasteiger partial charge in [0.05, 0.1) is 0 Å². The van der Waals surface area contributed by atoms with Crippen LogP contribution in [-0.2, 0) is 4.79 Å². The van der Waals surface area contributed by atoms with E-state index in [1.807, 2.05) is 13.8 Å². The van der Waals surface area contributed by atoms with Gasteiger partial charge in [0.25, 0.3) is 0 Å². The van der Waals surface area contributed by atoms with E-state index in [-0.39, 0.29) is 11.7 Å². The maximum absolute atomic E-state index is 11.4. The largest absolute Gasteiger partial charge is 0.410 e. The molecule has 0 bridgehead atoms. The number of oxime groups is 1. The average molecular weight is 179 g/mol. The van der Waals surface area contributed by atoms with E-state index in [0.29, 0.717) is 16.9 Å². The molecule has 1 aliphatic rings. The lowest BCUT2D eigenvalue weighted by atomic mass is 9.90. The molecule has 0 aromatic rings. The van der Waals surface area contributed by atoms with E-state index in [2.05, 4.69) is 5.16 Å². The van der Waals surface area contributed by atoms with Crippen molar-refractivity contribution in [2.24, 2.45) is 11.1 Å². The predicted octanol–water partition coefficient (Wildman–Crippen LogP) is 1.93. The Balaban J connectivity index is 3.09. The second kappa shape index (κ2) is 3.56. The first-order valence-electron chi connectivity index (χ1n) is 4.23. The van der Waals surface area contributed by atoms with Gasteiger partial charge in [0.2, 0.25) is 0 Å². The second-order valence-electron chi connectivity index (χ2n) is 3.43. The van der Waals surface area contributed by atoms with Crippen LogP contribution in [0.15, 0.2) is 28.5 Å². The summed E-state index contributed by atoms with van der Waals surface area (Å²) in [7, 11) is 0. The number of carbonyl (C=O) groups excluding carboxylic acids is 1. The van der Waals surface area contributed by atoms with E-state index in [9.17, 15) is 4.79 Å². The molecule has 0 saturated carbocycles. The number of allylic oxidation sites excluding steroid dienone is 4. The van der Waals surface area contributed by atoms with Crippen molar-refractivity contribution in [3.63, 3.8) is 0 Å². The summed E-state index contributed by atoms with van der Waals surface area (Å²) < 4.78 is 0. The molecule has 0 radical (unpaired) electrons. The van der Waals surface area contributed by atoms with Gasteiger partial charge < -0.3 is 5.21 Å². The summed E-state index contributed by atoms with van der Waals surface area (Å²) in [4.78, 5) is 11.4. The van der Waals surface area contributed by atoms with Gasteiger partial charge in [0, 0.05) is 5.57 Å². The summed E-state index contributed by atoms with van der Waals surface area (Å²) in [6, 6.07) is 0. The highest BCUT2D eigenvalue weighted by atomic mass is 16.4. The maximum Gasteiger partial charge on any atom is 0.182 e. The average Bonchev–Trinajstić information content (AvgIpc) is 2.03. The zero-order valence-electron chi connectivity index (χ0n) is 8.03. The number of hydrogen-bond acceptors (Lipinski definition) is 3. The van der Waals surface area contributed by atoms with Crippen molar-refractivity contribution < 1.29 is 10.0 Å². The summed E-state index contributed by atoms with van der Waals surface area (Å²) in [5, 5.41) is 11.8. The summed E-state index contributed by atoms with van der Waals surface area (Å²) in [5.41, 5.74) is 1.87. The third-order valence-corrected chi connectivity index (χ3v) is 2.06. The molecule has 0 unspecified atom stereocenters. The number of hydrogen-bond donors (Lipinski definition) is 1. The van der Waals surface area contributed by atoms with Crippen LogP contribution >= 0.6 is 0 Å². The van der Waals surface area contributed by atoms with Crippen molar-refractivity contribution in [1.29, 1.82) is 0 Å². The Morgan fingerprint density at radius 1 is 1.38 bits per heavy atom. The molecule has 0 atom stereocenters. The molecular weight excluding hydrogens is 166 g/mol. The van der Waals surface area contributed by atoms with Gasteiger partial charge in [-0.25, -0.2) is 0 Å². The molecule has 0 spiro atoms. The van der Waals surface area contributed by atoms with Crippen LogP contribution in [0, 0.1) is 5.92 Å². The van der Waals surface area contributed by atoms with Crippen LogP contribution in [0.1, 0.15) is 20.8 Å². The van der Waals surface area contributed by atoms with Crippen LogP contribution in [0.5, 0.6) is 0 Å². The molecule has 3 nitrogen and oxygen atoms in total. The number of carbonyl (C=O) groups is 1. The van der Waals surface area contributed by atoms with Crippen molar-refractivity contribution in [3.8, 4) is 0 Å². The summed E-state index contributed by atoms with van der Waals surface area (Å²) in [6.07, 6.45) is 3.15. The van der Waals surface area contributed by atoms with Gasteiger partial charge in [0.15, 0.2) is 5.78 Å². The second-order valence-corrected chi connectivity index (χ2v) is 3.43. The Morgan fingerprint density at radius 3 is 2.46 bits per heavy atom. The fourth-order valence-corrected chi connectivity index (χ4v) is 1.25. The van der Waals surface area contributed by atoms with Gasteiger partial charge in [0.1, 0.15) is 5.71 Å². The number of rotatable bonds is 1. The van der Waals surface area contributed by atoms with Crippen molar-refractivity contribution in [3.05, 3.63) is 23.3 Å². The first kappa shape index (κ1) is 9.71. The van der Waals surface area contributed by atoms with Gasteiger partial charge in [-0.3, -0.25) is 4.79 Å². The van der Waals surface area contributed by atoms with E-state index < -0.39 is 0 Å². The fourth-order valence-electron chi connectivity index (χ4n) is 1.25. The Bertz CT molecular complexity index is 322. The lowest BCUT2D eigenvalue weighted by molar-refractivity contribution is -0.111. The monoisotopic (exact) mass is 179 g/mol. The highest BCUT2D eigenvalue weighted by Crippen LogP contribution is 2.18. The predicted molar refractivity (Wildman–Crippen MR) is 50.9 cm³/mol. The van der Waals surface area contributed by atoms with Crippen LogP contribution < -0.4 is 0 Å².